The Hall–Kier alpha value is -2.92. The molecule has 0 aliphatic rings. The highest BCUT2D eigenvalue weighted by molar-refractivity contribution is 6.12. The van der Waals surface area contributed by atoms with E-state index >= 15 is 0 Å². The van der Waals surface area contributed by atoms with Crippen molar-refractivity contribution >= 4 is 38.7 Å². The number of nitrogens with one attached hydrogen (secondary N) is 2. The lowest BCUT2D eigenvalue weighted by Crippen LogP contribution is -2.31. The van der Waals surface area contributed by atoms with Gasteiger partial charge in [0.25, 0.3) is 5.91 Å². The Kier molecular flexibility index (Phi) is 3.86. The van der Waals surface area contributed by atoms with Gasteiger partial charge in [-0.25, -0.2) is 4.98 Å². The molecule has 2 heterocycles. The summed E-state index contributed by atoms with van der Waals surface area (Å²) in [5, 5.41) is 5.00. The molecule has 0 spiro atoms. The number of H-pyrrole nitrogens is 1. The van der Waals surface area contributed by atoms with Crippen molar-refractivity contribution in [2.45, 2.75) is 0 Å². The number of carbonyl (C=O) groups is 1. The average molecular weight is 332 g/mol. The van der Waals surface area contributed by atoms with Gasteiger partial charge in [0.05, 0.1) is 22.1 Å². The van der Waals surface area contributed by atoms with Crippen molar-refractivity contribution in [1.29, 1.82) is 0 Å². The summed E-state index contributed by atoms with van der Waals surface area (Å²) in [6.07, 6.45) is 0. The van der Waals surface area contributed by atoms with Crippen molar-refractivity contribution in [3.8, 4) is 0 Å². The van der Waals surface area contributed by atoms with E-state index in [1.54, 1.807) is 0 Å². The largest absolute Gasteiger partial charge is 0.353 e. The molecule has 0 aliphatic carbocycles. The molecular formula is C20H20N4O. The van der Waals surface area contributed by atoms with Crippen LogP contribution >= 0.6 is 0 Å². The molecule has 4 rings (SSSR count). The molecule has 0 radical (unpaired) electrons. The first-order valence-electron chi connectivity index (χ1n) is 8.36. The number of benzene rings is 2. The maximum Gasteiger partial charge on any atom is 0.253 e. The molecule has 0 bridgehead atoms. The van der Waals surface area contributed by atoms with E-state index in [2.05, 4.69) is 16.4 Å². The van der Waals surface area contributed by atoms with Crippen molar-refractivity contribution < 1.29 is 4.79 Å². The molecular weight excluding hydrogens is 312 g/mol. The van der Waals surface area contributed by atoms with E-state index in [1.165, 1.54) is 0 Å². The van der Waals surface area contributed by atoms with Crippen molar-refractivity contribution in [2.75, 3.05) is 27.2 Å². The lowest BCUT2D eigenvalue weighted by molar-refractivity contribution is 0.0952. The highest BCUT2D eigenvalue weighted by Gasteiger charge is 2.13. The van der Waals surface area contributed by atoms with Crippen molar-refractivity contribution in [1.82, 2.24) is 20.2 Å². The number of carbonyl (C=O) groups excluding carboxylic acids is 1. The average Bonchev–Trinajstić information content (AvgIpc) is 2.96. The zero-order chi connectivity index (χ0) is 17.4. The Morgan fingerprint density at radius 3 is 2.76 bits per heavy atom. The molecule has 1 amide bonds. The molecule has 0 saturated carbocycles. The first-order valence-corrected chi connectivity index (χ1v) is 8.36. The van der Waals surface area contributed by atoms with Gasteiger partial charge in [0.15, 0.2) is 0 Å². The molecule has 126 valence electrons. The summed E-state index contributed by atoms with van der Waals surface area (Å²) < 4.78 is 0. The monoisotopic (exact) mass is 332 g/mol. The highest BCUT2D eigenvalue weighted by atomic mass is 16.1. The number of likely N-dealkylation sites (N-methyl/N-ethyl adjacent to an activating group) is 1. The van der Waals surface area contributed by atoms with Crippen LogP contribution in [0.3, 0.4) is 0 Å². The molecule has 0 fully saturated rings. The highest BCUT2D eigenvalue weighted by Crippen LogP contribution is 2.28. The zero-order valence-corrected chi connectivity index (χ0v) is 14.3. The van der Waals surface area contributed by atoms with E-state index in [9.17, 15) is 4.79 Å². The Morgan fingerprint density at radius 1 is 1.08 bits per heavy atom. The van der Waals surface area contributed by atoms with Crippen LogP contribution in [0, 0.1) is 0 Å². The van der Waals surface area contributed by atoms with E-state index in [4.69, 9.17) is 4.98 Å². The fraction of sp³-hybridized carbons (Fsp3) is 0.200. The van der Waals surface area contributed by atoms with Crippen LogP contribution < -0.4 is 5.32 Å². The fourth-order valence-corrected chi connectivity index (χ4v) is 3.11. The minimum atomic E-state index is -0.0841. The molecule has 2 N–H and O–H groups in total. The molecule has 5 heteroatoms. The van der Waals surface area contributed by atoms with Crippen molar-refractivity contribution in [2.24, 2.45) is 0 Å². The van der Waals surface area contributed by atoms with E-state index in [0.717, 1.165) is 39.4 Å². The number of rotatable bonds is 4. The van der Waals surface area contributed by atoms with Crippen LogP contribution in [-0.4, -0.2) is 48.0 Å². The van der Waals surface area contributed by atoms with Gasteiger partial charge < -0.3 is 15.2 Å². The zero-order valence-electron chi connectivity index (χ0n) is 14.3. The molecule has 2 aromatic heterocycles. The molecule has 0 atom stereocenters. The molecule has 5 nitrogen and oxygen atoms in total. The van der Waals surface area contributed by atoms with Crippen LogP contribution in [0.5, 0.6) is 0 Å². The SMILES string of the molecule is CN(C)CCNC(=O)c1cccc2cc3[nH]c4ccccc4c3nc12. The quantitative estimate of drug-likeness (QED) is 0.603. The number of pyridine rings is 1. The van der Waals surface area contributed by atoms with Gasteiger partial charge in [-0.05, 0) is 32.3 Å². The van der Waals surface area contributed by atoms with Crippen LogP contribution in [0.15, 0.2) is 48.5 Å². The third kappa shape index (κ3) is 2.83. The summed E-state index contributed by atoms with van der Waals surface area (Å²) in [7, 11) is 3.97. The van der Waals surface area contributed by atoms with Gasteiger partial charge in [0.1, 0.15) is 0 Å². The summed E-state index contributed by atoms with van der Waals surface area (Å²) in [5.41, 5.74) is 4.29. The van der Waals surface area contributed by atoms with Gasteiger partial charge in [-0.1, -0.05) is 30.3 Å². The topological polar surface area (TPSA) is 61.0 Å². The molecule has 4 aromatic rings. The number of hydrogen-bond acceptors (Lipinski definition) is 3. The summed E-state index contributed by atoms with van der Waals surface area (Å²) in [6.45, 7) is 1.41. The third-order valence-electron chi connectivity index (χ3n) is 4.39. The van der Waals surface area contributed by atoms with Crippen LogP contribution in [-0.2, 0) is 0 Å². The fourth-order valence-electron chi connectivity index (χ4n) is 3.11. The first-order chi connectivity index (χ1) is 12.1. The number of fused-ring (bicyclic) bond motifs is 4. The second-order valence-corrected chi connectivity index (χ2v) is 6.49. The second-order valence-electron chi connectivity index (χ2n) is 6.49. The van der Waals surface area contributed by atoms with Gasteiger partial charge >= 0.3 is 0 Å². The van der Waals surface area contributed by atoms with Gasteiger partial charge in [0.2, 0.25) is 0 Å². The maximum absolute atomic E-state index is 12.6. The molecule has 25 heavy (non-hydrogen) atoms. The standard InChI is InChI=1S/C20H20N4O/c1-24(2)11-10-21-20(25)15-8-5-6-13-12-17-19(23-18(13)15)14-7-3-4-9-16(14)22-17/h3-9,12,22H,10-11H2,1-2H3,(H,21,25). The number of amides is 1. The summed E-state index contributed by atoms with van der Waals surface area (Å²) >= 11 is 0. The van der Waals surface area contributed by atoms with Crippen molar-refractivity contribution in [3.05, 3.63) is 54.1 Å². The second kappa shape index (κ2) is 6.18. The van der Waals surface area contributed by atoms with E-state index in [1.807, 2.05) is 61.5 Å². The number of hydrogen-bond donors (Lipinski definition) is 2. The van der Waals surface area contributed by atoms with Crippen LogP contribution in [0.4, 0.5) is 0 Å². The Balaban J connectivity index is 1.82. The number of aromatic nitrogens is 2. The molecule has 0 unspecified atom stereocenters. The van der Waals surface area contributed by atoms with Crippen LogP contribution in [0.1, 0.15) is 10.4 Å². The first kappa shape index (κ1) is 15.6. The minimum absolute atomic E-state index is 0.0841. The Morgan fingerprint density at radius 2 is 1.92 bits per heavy atom. The predicted octanol–water partition coefficient (Wildman–Crippen LogP) is 3.16. The van der Waals surface area contributed by atoms with Crippen LogP contribution in [0.2, 0.25) is 0 Å². The predicted molar refractivity (Wildman–Crippen MR) is 102 cm³/mol. The summed E-state index contributed by atoms with van der Waals surface area (Å²) in [5.74, 6) is -0.0841. The minimum Gasteiger partial charge on any atom is -0.353 e. The molecule has 2 aromatic carbocycles. The molecule has 0 aliphatic heterocycles. The lowest BCUT2D eigenvalue weighted by Gasteiger charge is -2.11. The van der Waals surface area contributed by atoms with Gasteiger partial charge in [0, 0.05) is 29.4 Å². The van der Waals surface area contributed by atoms with Crippen LogP contribution in [0.25, 0.3) is 32.8 Å². The number of para-hydroxylation sites is 2. The van der Waals surface area contributed by atoms with E-state index < -0.39 is 0 Å². The van der Waals surface area contributed by atoms with Gasteiger partial charge in [-0.2, -0.15) is 0 Å². The lowest BCUT2D eigenvalue weighted by atomic mass is 10.1. The summed E-state index contributed by atoms with van der Waals surface area (Å²) in [4.78, 5) is 22.9. The number of aromatic amines is 1. The summed E-state index contributed by atoms with van der Waals surface area (Å²) in [6, 6.07) is 15.9. The van der Waals surface area contributed by atoms with E-state index in [-0.39, 0.29) is 5.91 Å². The Labute approximate surface area is 145 Å². The third-order valence-corrected chi connectivity index (χ3v) is 4.39. The van der Waals surface area contributed by atoms with Crippen molar-refractivity contribution in [3.63, 3.8) is 0 Å². The van der Waals surface area contributed by atoms with Gasteiger partial charge in [-0.3, -0.25) is 4.79 Å². The maximum atomic E-state index is 12.6. The normalized spacial score (nSPS) is 11.6. The molecule has 0 saturated heterocycles. The van der Waals surface area contributed by atoms with Gasteiger partial charge in [-0.15, -0.1) is 0 Å². The number of nitrogens with zero attached hydrogens (tertiary/aromatic N) is 2. The van der Waals surface area contributed by atoms with E-state index in [0.29, 0.717) is 12.1 Å². The Bertz CT molecular complexity index is 1080. The smallest absolute Gasteiger partial charge is 0.253 e.